The number of carbonyl (C=O) groups excluding carboxylic acids is 1. The molecule has 1 aliphatic rings. The van der Waals surface area contributed by atoms with Gasteiger partial charge < -0.3 is 9.64 Å². The topological polar surface area (TPSA) is 69.4 Å². The zero-order valence-electron chi connectivity index (χ0n) is 19.0. The first-order chi connectivity index (χ1) is 15.2. The largest absolute Gasteiger partial charge is 0.443 e. The molecular weight excluding hydrogens is 437 g/mol. The monoisotopic (exact) mass is 462 g/mol. The predicted molar refractivity (Wildman–Crippen MR) is 117 cm³/mol. The van der Waals surface area contributed by atoms with Crippen molar-refractivity contribution in [2.45, 2.75) is 65.0 Å². The average Bonchev–Trinajstić information content (AvgIpc) is 3.18. The molecule has 0 saturated heterocycles. The predicted octanol–water partition coefficient (Wildman–Crippen LogP) is 4.63. The molecule has 0 saturated carbocycles. The van der Waals surface area contributed by atoms with E-state index in [1.165, 1.54) is 16.8 Å². The van der Waals surface area contributed by atoms with E-state index in [4.69, 9.17) is 4.74 Å². The van der Waals surface area contributed by atoms with Crippen LogP contribution in [-0.4, -0.2) is 37.5 Å². The summed E-state index contributed by atoms with van der Waals surface area (Å²) < 4.78 is 50.6. The molecule has 4 rings (SSSR count). The molecule has 0 fully saturated rings. The summed E-state index contributed by atoms with van der Waals surface area (Å²) in [5.74, 6) is -0.0473. The minimum absolute atomic E-state index is 0.0473. The standard InChI is InChI=1S/C23H25F3N4O3/c1-14-10-18(31)29-13-22(5,23(24,25)26)30(19(29)27-14)12-15-11-28(20(32)33-21(2,3)4)17-9-7-6-8-16(15)17/h6-11H,12-13H2,1-5H3/t22-/m0/s1. The van der Waals surface area contributed by atoms with Gasteiger partial charge in [-0.2, -0.15) is 13.2 Å². The Balaban J connectivity index is 1.85. The van der Waals surface area contributed by atoms with Crippen LogP contribution in [0.1, 0.15) is 39.0 Å². The zero-order chi connectivity index (χ0) is 24.3. The number of para-hydroxylation sites is 1. The number of carbonyl (C=O) groups is 1. The number of ether oxygens (including phenoxy) is 1. The Hall–Kier alpha value is -3.30. The van der Waals surface area contributed by atoms with Gasteiger partial charge in [0, 0.05) is 29.9 Å². The van der Waals surface area contributed by atoms with Crippen LogP contribution in [0.25, 0.3) is 10.9 Å². The minimum Gasteiger partial charge on any atom is -0.443 e. The van der Waals surface area contributed by atoms with E-state index >= 15 is 0 Å². The lowest BCUT2D eigenvalue weighted by atomic mass is 10.00. The Kier molecular flexibility index (Phi) is 5.10. The normalized spacial score (nSPS) is 18.6. The molecule has 1 aromatic carbocycles. The summed E-state index contributed by atoms with van der Waals surface area (Å²) in [7, 11) is 0. The van der Waals surface area contributed by atoms with E-state index in [-0.39, 0.29) is 12.5 Å². The van der Waals surface area contributed by atoms with Gasteiger partial charge in [-0.05, 0) is 46.2 Å². The molecule has 0 amide bonds. The number of anilines is 1. The van der Waals surface area contributed by atoms with Crippen molar-refractivity contribution in [3.63, 3.8) is 0 Å². The molecule has 3 aromatic rings. The highest BCUT2D eigenvalue weighted by Crippen LogP contribution is 2.44. The summed E-state index contributed by atoms with van der Waals surface area (Å²) in [5.41, 5.74) is -2.30. The van der Waals surface area contributed by atoms with Crippen molar-refractivity contribution in [1.82, 2.24) is 14.1 Å². The van der Waals surface area contributed by atoms with Crippen LogP contribution in [0.5, 0.6) is 0 Å². The molecule has 33 heavy (non-hydrogen) atoms. The number of fused-ring (bicyclic) bond motifs is 2. The van der Waals surface area contributed by atoms with Gasteiger partial charge in [0.1, 0.15) is 5.60 Å². The highest BCUT2D eigenvalue weighted by Gasteiger charge is 2.59. The van der Waals surface area contributed by atoms with Crippen LogP contribution in [0.3, 0.4) is 0 Å². The second kappa shape index (κ2) is 7.36. The molecule has 176 valence electrons. The lowest BCUT2D eigenvalue weighted by molar-refractivity contribution is -0.182. The third-order valence-corrected chi connectivity index (χ3v) is 5.74. The molecule has 7 nitrogen and oxygen atoms in total. The fraction of sp³-hybridized carbons (Fsp3) is 0.435. The maximum atomic E-state index is 14.3. The third kappa shape index (κ3) is 3.87. The smallest absolute Gasteiger partial charge is 0.419 e. The van der Waals surface area contributed by atoms with Crippen molar-refractivity contribution in [3.05, 3.63) is 58.1 Å². The molecule has 2 aromatic heterocycles. The second-order valence-electron chi connectivity index (χ2n) is 9.50. The molecule has 0 unspecified atom stereocenters. The van der Waals surface area contributed by atoms with Gasteiger partial charge in [0.05, 0.1) is 12.1 Å². The molecule has 1 aliphatic heterocycles. The number of rotatable bonds is 2. The number of hydrogen-bond acceptors (Lipinski definition) is 5. The molecule has 0 spiro atoms. The fourth-order valence-electron chi connectivity index (χ4n) is 4.07. The van der Waals surface area contributed by atoms with Crippen LogP contribution in [-0.2, 0) is 17.8 Å². The minimum atomic E-state index is -4.63. The number of benzene rings is 1. The molecular formula is C23H25F3N4O3. The number of aromatic nitrogens is 3. The number of aryl methyl sites for hydroxylation is 1. The lowest BCUT2D eigenvalue weighted by Gasteiger charge is -2.36. The molecule has 10 heteroatoms. The van der Waals surface area contributed by atoms with E-state index in [2.05, 4.69) is 4.98 Å². The van der Waals surface area contributed by atoms with Gasteiger partial charge in [0.15, 0.2) is 5.54 Å². The summed E-state index contributed by atoms with van der Waals surface area (Å²) in [6.45, 7) is 7.06. The molecule has 0 aliphatic carbocycles. The Morgan fingerprint density at radius 2 is 1.88 bits per heavy atom. The number of hydrogen-bond donors (Lipinski definition) is 0. The Labute approximate surface area is 188 Å². The fourth-order valence-corrected chi connectivity index (χ4v) is 4.07. The molecule has 0 radical (unpaired) electrons. The van der Waals surface area contributed by atoms with Crippen LogP contribution < -0.4 is 10.5 Å². The summed E-state index contributed by atoms with van der Waals surface area (Å²) in [5, 5.41) is 0.612. The van der Waals surface area contributed by atoms with Crippen molar-refractivity contribution in [1.29, 1.82) is 0 Å². The van der Waals surface area contributed by atoms with Gasteiger partial charge in [0.2, 0.25) is 5.95 Å². The quantitative estimate of drug-likeness (QED) is 0.556. The SMILES string of the molecule is Cc1cc(=O)n2c(n1)N(Cc1cn(C(=O)OC(C)(C)C)c3ccccc13)[C@](C)(C(F)(F)F)C2. The van der Waals surface area contributed by atoms with Gasteiger partial charge in [0.25, 0.3) is 5.56 Å². The number of nitrogens with zero attached hydrogens (tertiary/aromatic N) is 4. The Bertz CT molecular complexity index is 1300. The van der Waals surface area contributed by atoms with Crippen molar-refractivity contribution in [2.75, 3.05) is 4.90 Å². The Morgan fingerprint density at radius 3 is 2.52 bits per heavy atom. The maximum absolute atomic E-state index is 14.3. The van der Waals surface area contributed by atoms with Gasteiger partial charge in [-0.1, -0.05) is 18.2 Å². The van der Waals surface area contributed by atoms with Crippen molar-refractivity contribution in [2.24, 2.45) is 0 Å². The second-order valence-corrected chi connectivity index (χ2v) is 9.50. The molecule has 0 bridgehead atoms. The third-order valence-electron chi connectivity index (χ3n) is 5.74. The van der Waals surface area contributed by atoms with Gasteiger partial charge in [-0.25, -0.2) is 9.78 Å². The van der Waals surface area contributed by atoms with Crippen molar-refractivity contribution in [3.8, 4) is 0 Å². The van der Waals surface area contributed by atoms with Crippen molar-refractivity contribution >= 4 is 22.9 Å². The van der Waals surface area contributed by atoms with E-state index in [1.54, 1.807) is 52.0 Å². The molecule has 0 N–H and O–H groups in total. The first-order valence-electron chi connectivity index (χ1n) is 10.5. The van der Waals surface area contributed by atoms with Crippen LogP contribution in [0.4, 0.5) is 23.9 Å². The van der Waals surface area contributed by atoms with E-state index in [0.717, 1.165) is 16.4 Å². The summed E-state index contributed by atoms with van der Waals surface area (Å²) in [4.78, 5) is 30.6. The highest BCUT2D eigenvalue weighted by molar-refractivity contribution is 5.92. The maximum Gasteiger partial charge on any atom is 0.419 e. The van der Waals surface area contributed by atoms with Crippen LogP contribution in [0.15, 0.2) is 41.3 Å². The van der Waals surface area contributed by atoms with E-state index < -0.39 is 35.5 Å². The first-order valence-corrected chi connectivity index (χ1v) is 10.5. The lowest BCUT2D eigenvalue weighted by Crippen LogP contribution is -2.55. The van der Waals surface area contributed by atoms with Crippen LogP contribution in [0, 0.1) is 6.92 Å². The number of halogens is 3. The first kappa shape index (κ1) is 22.9. The van der Waals surface area contributed by atoms with E-state index in [9.17, 15) is 22.8 Å². The molecule has 1 atom stereocenters. The van der Waals surface area contributed by atoms with Gasteiger partial charge >= 0.3 is 12.3 Å². The summed E-state index contributed by atoms with van der Waals surface area (Å²) in [6, 6.07) is 8.15. The van der Waals surface area contributed by atoms with E-state index in [0.29, 0.717) is 22.2 Å². The highest BCUT2D eigenvalue weighted by atomic mass is 19.4. The summed E-state index contributed by atoms with van der Waals surface area (Å²) in [6.07, 6.45) is -3.77. The van der Waals surface area contributed by atoms with Crippen LogP contribution in [0.2, 0.25) is 0 Å². The molecule has 3 heterocycles. The van der Waals surface area contributed by atoms with Gasteiger partial charge in [-0.15, -0.1) is 0 Å². The van der Waals surface area contributed by atoms with Crippen molar-refractivity contribution < 1.29 is 22.7 Å². The zero-order valence-corrected chi connectivity index (χ0v) is 19.0. The Morgan fingerprint density at radius 1 is 1.21 bits per heavy atom. The van der Waals surface area contributed by atoms with Gasteiger partial charge in [-0.3, -0.25) is 13.9 Å². The summed E-state index contributed by atoms with van der Waals surface area (Å²) >= 11 is 0. The number of alkyl halides is 3. The average molecular weight is 462 g/mol. The van der Waals surface area contributed by atoms with Crippen LogP contribution >= 0.6 is 0 Å². The van der Waals surface area contributed by atoms with E-state index in [1.807, 2.05) is 0 Å².